The van der Waals surface area contributed by atoms with Gasteiger partial charge in [0.25, 0.3) is 0 Å². The zero-order chi connectivity index (χ0) is 11.2. The second kappa shape index (κ2) is 6.44. The number of aliphatic hydroxyl groups is 1. The van der Waals surface area contributed by atoms with Crippen LogP contribution in [-0.4, -0.2) is 10.7 Å². The molecule has 0 aliphatic rings. The largest absolute Gasteiger partial charge is 0.390 e. The summed E-state index contributed by atoms with van der Waals surface area (Å²) in [6, 6.07) is 0. The van der Waals surface area contributed by atoms with Gasteiger partial charge in [-0.1, -0.05) is 53.4 Å². The molecule has 1 heteroatoms. The normalized spacial score (nSPS) is 20.1. The quantitative estimate of drug-likeness (QED) is 0.616. The summed E-state index contributed by atoms with van der Waals surface area (Å²) in [5.41, 5.74) is -0.468. The Hall–Kier alpha value is -0.0400. The van der Waals surface area contributed by atoms with Crippen LogP contribution in [0.4, 0.5) is 0 Å². The zero-order valence-electron chi connectivity index (χ0n) is 10.6. The summed E-state index contributed by atoms with van der Waals surface area (Å²) < 4.78 is 0. The first-order valence-electron chi connectivity index (χ1n) is 6.18. The van der Waals surface area contributed by atoms with Gasteiger partial charge in [-0.25, -0.2) is 0 Å². The van der Waals surface area contributed by atoms with E-state index < -0.39 is 5.60 Å². The fourth-order valence-electron chi connectivity index (χ4n) is 1.93. The van der Waals surface area contributed by atoms with Gasteiger partial charge >= 0.3 is 0 Å². The molecule has 0 rings (SSSR count). The van der Waals surface area contributed by atoms with Gasteiger partial charge < -0.3 is 5.11 Å². The lowest BCUT2D eigenvalue weighted by atomic mass is 9.77. The van der Waals surface area contributed by atoms with Gasteiger partial charge in [0.05, 0.1) is 5.60 Å². The summed E-state index contributed by atoms with van der Waals surface area (Å²) in [7, 11) is 0. The second-order valence-electron chi connectivity index (χ2n) is 4.99. The summed E-state index contributed by atoms with van der Waals surface area (Å²) in [6.45, 7) is 10.8. The van der Waals surface area contributed by atoms with Crippen molar-refractivity contribution in [2.45, 2.75) is 72.3 Å². The van der Waals surface area contributed by atoms with Crippen molar-refractivity contribution in [2.75, 3.05) is 0 Å². The maximum absolute atomic E-state index is 10.3. The first-order chi connectivity index (χ1) is 6.45. The third-order valence-electron chi connectivity index (χ3n) is 3.76. The van der Waals surface area contributed by atoms with Crippen LogP contribution in [-0.2, 0) is 0 Å². The van der Waals surface area contributed by atoms with E-state index in [4.69, 9.17) is 0 Å². The predicted octanol–water partition coefficient (Wildman–Crippen LogP) is 4.00. The number of unbranched alkanes of at least 4 members (excludes halogenated alkanes) is 2. The van der Waals surface area contributed by atoms with Crippen LogP contribution < -0.4 is 0 Å². The third-order valence-corrected chi connectivity index (χ3v) is 3.76. The van der Waals surface area contributed by atoms with Crippen LogP contribution in [0, 0.1) is 11.8 Å². The molecule has 0 aliphatic carbocycles. The first kappa shape index (κ1) is 14.0. The highest BCUT2D eigenvalue weighted by molar-refractivity contribution is 4.81. The van der Waals surface area contributed by atoms with Gasteiger partial charge in [-0.05, 0) is 25.2 Å². The lowest BCUT2D eigenvalue weighted by molar-refractivity contribution is -0.0251. The van der Waals surface area contributed by atoms with Crippen LogP contribution in [0.15, 0.2) is 0 Å². The Morgan fingerprint density at radius 3 is 2.14 bits per heavy atom. The molecule has 0 spiro atoms. The summed E-state index contributed by atoms with van der Waals surface area (Å²) in [5.74, 6) is 1.02. The van der Waals surface area contributed by atoms with E-state index in [0.29, 0.717) is 11.8 Å². The molecule has 0 aromatic heterocycles. The standard InChI is InChI=1S/C13H28O/c1-6-8-9-10-13(5,14)12(4)11(3)7-2/h11-12,14H,6-10H2,1-5H3. The Bertz CT molecular complexity index is 140. The minimum Gasteiger partial charge on any atom is -0.390 e. The van der Waals surface area contributed by atoms with E-state index in [1.165, 1.54) is 12.8 Å². The monoisotopic (exact) mass is 200 g/mol. The van der Waals surface area contributed by atoms with Gasteiger partial charge in [-0.3, -0.25) is 0 Å². The third kappa shape index (κ3) is 4.45. The highest BCUT2D eigenvalue weighted by Crippen LogP contribution is 2.30. The number of hydrogen-bond donors (Lipinski definition) is 1. The number of hydrogen-bond acceptors (Lipinski definition) is 1. The van der Waals surface area contributed by atoms with Crippen molar-refractivity contribution in [2.24, 2.45) is 11.8 Å². The molecular formula is C13H28O. The molecule has 0 bridgehead atoms. The van der Waals surface area contributed by atoms with E-state index in [-0.39, 0.29) is 0 Å². The molecule has 0 amide bonds. The van der Waals surface area contributed by atoms with Gasteiger partial charge in [0.15, 0.2) is 0 Å². The van der Waals surface area contributed by atoms with Crippen molar-refractivity contribution < 1.29 is 5.11 Å². The van der Waals surface area contributed by atoms with Crippen LogP contribution in [0.25, 0.3) is 0 Å². The van der Waals surface area contributed by atoms with Crippen molar-refractivity contribution in [3.8, 4) is 0 Å². The van der Waals surface area contributed by atoms with Gasteiger partial charge in [-0.15, -0.1) is 0 Å². The molecule has 3 atom stereocenters. The molecule has 0 saturated carbocycles. The molecule has 1 nitrogen and oxygen atoms in total. The summed E-state index contributed by atoms with van der Waals surface area (Å²) in [5, 5.41) is 10.3. The van der Waals surface area contributed by atoms with Gasteiger partial charge in [-0.2, -0.15) is 0 Å². The maximum Gasteiger partial charge on any atom is 0.0647 e. The average Bonchev–Trinajstić information content (AvgIpc) is 2.15. The van der Waals surface area contributed by atoms with Crippen LogP contribution in [0.1, 0.15) is 66.7 Å². The average molecular weight is 200 g/mol. The molecule has 86 valence electrons. The van der Waals surface area contributed by atoms with Crippen LogP contribution >= 0.6 is 0 Å². The molecule has 14 heavy (non-hydrogen) atoms. The number of rotatable bonds is 7. The van der Waals surface area contributed by atoms with Crippen LogP contribution in [0.2, 0.25) is 0 Å². The Balaban J connectivity index is 4.01. The molecular weight excluding hydrogens is 172 g/mol. The topological polar surface area (TPSA) is 20.2 Å². The van der Waals surface area contributed by atoms with Gasteiger partial charge in [0, 0.05) is 0 Å². The van der Waals surface area contributed by atoms with Crippen molar-refractivity contribution in [1.29, 1.82) is 0 Å². The Kier molecular flexibility index (Phi) is 6.43. The minimum atomic E-state index is -0.468. The Morgan fingerprint density at radius 1 is 1.14 bits per heavy atom. The smallest absolute Gasteiger partial charge is 0.0647 e. The van der Waals surface area contributed by atoms with E-state index in [0.717, 1.165) is 19.3 Å². The van der Waals surface area contributed by atoms with Crippen molar-refractivity contribution in [3.05, 3.63) is 0 Å². The summed E-state index contributed by atoms with van der Waals surface area (Å²) >= 11 is 0. The molecule has 0 fully saturated rings. The van der Waals surface area contributed by atoms with Gasteiger partial charge in [0.2, 0.25) is 0 Å². The first-order valence-corrected chi connectivity index (χ1v) is 6.18. The molecule has 0 aromatic rings. The van der Waals surface area contributed by atoms with E-state index in [2.05, 4.69) is 27.7 Å². The molecule has 0 heterocycles. The molecule has 0 aromatic carbocycles. The summed E-state index contributed by atoms with van der Waals surface area (Å²) in [4.78, 5) is 0. The van der Waals surface area contributed by atoms with Crippen LogP contribution in [0.5, 0.6) is 0 Å². The molecule has 0 radical (unpaired) electrons. The second-order valence-corrected chi connectivity index (χ2v) is 4.99. The van der Waals surface area contributed by atoms with Gasteiger partial charge in [0.1, 0.15) is 0 Å². The van der Waals surface area contributed by atoms with E-state index in [1.807, 2.05) is 6.92 Å². The minimum absolute atomic E-state index is 0.407. The molecule has 0 aliphatic heterocycles. The molecule has 1 N–H and O–H groups in total. The lowest BCUT2D eigenvalue weighted by Crippen LogP contribution is -2.36. The van der Waals surface area contributed by atoms with E-state index in [1.54, 1.807) is 0 Å². The predicted molar refractivity (Wildman–Crippen MR) is 63.4 cm³/mol. The van der Waals surface area contributed by atoms with Crippen molar-refractivity contribution in [1.82, 2.24) is 0 Å². The Labute approximate surface area is 89.9 Å². The fourth-order valence-corrected chi connectivity index (χ4v) is 1.93. The fraction of sp³-hybridized carbons (Fsp3) is 1.00. The van der Waals surface area contributed by atoms with E-state index in [9.17, 15) is 5.11 Å². The molecule has 0 saturated heterocycles. The lowest BCUT2D eigenvalue weighted by Gasteiger charge is -2.34. The zero-order valence-corrected chi connectivity index (χ0v) is 10.6. The van der Waals surface area contributed by atoms with Crippen molar-refractivity contribution >= 4 is 0 Å². The van der Waals surface area contributed by atoms with Crippen molar-refractivity contribution in [3.63, 3.8) is 0 Å². The SMILES string of the molecule is CCCCCC(C)(O)C(C)C(C)CC. The maximum atomic E-state index is 10.3. The van der Waals surface area contributed by atoms with Crippen LogP contribution in [0.3, 0.4) is 0 Å². The highest BCUT2D eigenvalue weighted by Gasteiger charge is 2.30. The Morgan fingerprint density at radius 2 is 1.71 bits per heavy atom. The highest BCUT2D eigenvalue weighted by atomic mass is 16.3. The summed E-state index contributed by atoms with van der Waals surface area (Å²) in [6.07, 6.45) is 5.74. The van der Waals surface area contributed by atoms with E-state index >= 15 is 0 Å². The molecule has 3 unspecified atom stereocenters.